The van der Waals surface area contributed by atoms with E-state index < -0.39 is 11.6 Å². The van der Waals surface area contributed by atoms with Gasteiger partial charge in [0, 0.05) is 37.4 Å². The van der Waals surface area contributed by atoms with Gasteiger partial charge in [0.05, 0.1) is 5.69 Å². The Hall–Kier alpha value is -3.01. The molecular weight excluding hydrogens is 439 g/mol. The molecule has 2 fully saturated rings. The monoisotopic (exact) mass is 470 g/mol. The molecule has 0 radical (unpaired) electrons. The number of likely N-dealkylation sites (tertiary alicyclic amines) is 2. The molecule has 1 N–H and O–H groups in total. The highest BCUT2D eigenvalue weighted by Crippen LogP contribution is 2.34. The van der Waals surface area contributed by atoms with Crippen LogP contribution in [0.5, 0.6) is 5.75 Å². The van der Waals surface area contributed by atoms with E-state index in [0.717, 1.165) is 51.9 Å². The number of piperidine rings is 2. The van der Waals surface area contributed by atoms with Crippen LogP contribution in [0.4, 0.5) is 4.39 Å². The van der Waals surface area contributed by atoms with E-state index in [0.29, 0.717) is 23.0 Å². The first-order valence-corrected chi connectivity index (χ1v) is 12.1. The number of rotatable bonds is 4. The molecule has 0 unspecified atom stereocenters. The largest absolute Gasteiger partial charge is 0.505 e. The molecule has 0 bridgehead atoms. The number of fused-ring (bicyclic) bond motifs is 1. The van der Waals surface area contributed by atoms with Gasteiger partial charge in [-0.1, -0.05) is 13.8 Å². The van der Waals surface area contributed by atoms with Gasteiger partial charge in [-0.05, 0) is 62.0 Å². The minimum atomic E-state index is -0.743. The predicted molar refractivity (Wildman–Crippen MR) is 123 cm³/mol. The number of carbonyl (C=O) groups is 1. The average Bonchev–Trinajstić information content (AvgIpc) is 3.47. The summed E-state index contributed by atoms with van der Waals surface area (Å²) in [5, 5.41) is 19.2. The van der Waals surface area contributed by atoms with Crippen molar-refractivity contribution in [2.45, 2.75) is 64.3 Å². The number of carbonyl (C=O) groups excluding carboxylic acids is 1. The minimum Gasteiger partial charge on any atom is -0.505 e. The second kappa shape index (κ2) is 8.98. The van der Waals surface area contributed by atoms with E-state index in [-0.39, 0.29) is 29.2 Å². The summed E-state index contributed by atoms with van der Waals surface area (Å²) in [6.07, 6.45) is 3.83. The Kier molecular flexibility index (Phi) is 6.01. The Labute approximate surface area is 197 Å². The molecule has 2 saturated heterocycles. The van der Waals surface area contributed by atoms with E-state index >= 15 is 0 Å². The highest BCUT2D eigenvalue weighted by atomic mass is 19.1. The zero-order valence-corrected chi connectivity index (χ0v) is 19.9. The van der Waals surface area contributed by atoms with Crippen molar-refractivity contribution < 1.29 is 18.8 Å². The molecule has 2 aliphatic heterocycles. The van der Waals surface area contributed by atoms with E-state index in [1.165, 1.54) is 10.7 Å². The highest BCUT2D eigenvalue weighted by Gasteiger charge is 2.32. The molecule has 1 amide bonds. The van der Waals surface area contributed by atoms with Gasteiger partial charge in [-0.3, -0.25) is 4.79 Å². The van der Waals surface area contributed by atoms with Crippen molar-refractivity contribution in [2.24, 2.45) is 0 Å². The van der Waals surface area contributed by atoms with Gasteiger partial charge >= 0.3 is 0 Å². The van der Waals surface area contributed by atoms with Crippen molar-refractivity contribution in [1.29, 1.82) is 0 Å². The van der Waals surface area contributed by atoms with Gasteiger partial charge in [-0.25, -0.2) is 4.39 Å². The lowest BCUT2D eigenvalue weighted by Crippen LogP contribution is -2.48. The van der Waals surface area contributed by atoms with Crippen LogP contribution in [0.25, 0.3) is 16.9 Å². The molecule has 0 spiro atoms. The third-order valence-electron chi connectivity index (χ3n) is 7.26. The first-order chi connectivity index (χ1) is 16.3. The van der Waals surface area contributed by atoms with Crippen LogP contribution >= 0.6 is 0 Å². The van der Waals surface area contributed by atoms with Gasteiger partial charge in [0.15, 0.2) is 11.6 Å². The van der Waals surface area contributed by atoms with Gasteiger partial charge < -0.3 is 19.4 Å². The summed E-state index contributed by atoms with van der Waals surface area (Å²) < 4.78 is 21.8. The molecule has 182 valence electrons. The van der Waals surface area contributed by atoms with Crippen molar-refractivity contribution in [3.8, 4) is 11.7 Å². The molecule has 3 aromatic rings. The lowest BCUT2D eigenvalue weighted by molar-refractivity contribution is -0.130. The van der Waals surface area contributed by atoms with Crippen LogP contribution in [-0.4, -0.2) is 73.0 Å². The van der Waals surface area contributed by atoms with E-state index in [4.69, 9.17) is 4.52 Å². The number of phenolic OH excluding ortho intramolecular Hbond substituents is 1. The Morgan fingerprint density at radius 3 is 2.50 bits per heavy atom. The normalized spacial score (nSPS) is 18.9. The lowest BCUT2D eigenvalue weighted by Gasteiger charge is -2.41. The van der Waals surface area contributed by atoms with E-state index in [1.54, 1.807) is 13.0 Å². The fourth-order valence-corrected chi connectivity index (χ4v) is 5.29. The minimum absolute atomic E-state index is 0.0608. The summed E-state index contributed by atoms with van der Waals surface area (Å²) in [7, 11) is 0. The summed E-state index contributed by atoms with van der Waals surface area (Å²) in [6.45, 7) is 9.14. The molecular formula is C24H31FN6O3. The fraction of sp³-hybridized carbons (Fsp3) is 0.583. The lowest BCUT2D eigenvalue weighted by atomic mass is 9.93. The zero-order valence-electron chi connectivity index (χ0n) is 19.9. The number of nitrogens with zero attached hydrogens (tertiary/aromatic N) is 6. The van der Waals surface area contributed by atoms with Crippen LogP contribution in [-0.2, 0) is 4.79 Å². The Bertz CT molecular complexity index is 1190. The Morgan fingerprint density at radius 1 is 1.15 bits per heavy atom. The van der Waals surface area contributed by atoms with Crippen LogP contribution in [0, 0.1) is 5.82 Å². The van der Waals surface area contributed by atoms with Gasteiger partial charge in [-0.2, -0.15) is 14.8 Å². The molecule has 2 aromatic heterocycles. The Balaban J connectivity index is 1.31. The third kappa shape index (κ3) is 4.04. The molecule has 5 rings (SSSR count). The zero-order chi connectivity index (χ0) is 24.0. The number of phenols is 1. The molecule has 0 aliphatic carbocycles. The van der Waals surface area contributed by atoms with Crippen LogP contribution in [0.3, 0.4) is 0 Å². The number of aromatic hydroxyl groups is 1. The molecule has 2 aliphatic rings. The maximum Gasteiger partial charge on any atom is 0.291 e. The van der Waals surface area contributed by atoms with Crippen molar-refractivity contribution in [1.82, 2.24) is 29.7 Å². The molecule has 4 heterocycles. The summed E-state index contributed by atoms with van der Waals surface area (Å²) in [5.74, 6) is -0.108. The smallest absolute Gasteiger partial charge is 0.291 e. The van der Waals surface area contributed by atoms with E-state index in [1.807, 2.05) is 18.7 Å². The van der Waals surface area contributed by atoms with Crippen LogP contribution < -0.4 is 0 Å². The average molecular weight is 471 g/mol. The summed E-state index contributed by atoms with van der Waals surface area (Å²) in [5.41, 5.74) is 0.868. The predicted octanol–water partition coefficient (Wildman–Crippen LogP) is 3.57. The van der Waals surface area contributed by atoms with E-state index in [2.05, 4.69) is 20.1 Å². The Morgan fingerprint density at radius 2 is 1.85 bits per heavy atom. The molecule has 1 aromatic carbocycles. The number of hydrogen-bond acceptors (Lipinski definition) is 7. The first kappa shape index (κ1) is 22.8. The van der Waals surface area contributed by atoms with Gasteiger partial charge in [0.25, 0.3) is 5.95 Å². The summed E-state index contributed by atoms with van der Waals surface area (Å²) in [4.78, 5) is 20.6. The molecule has 0 saturated carbocycles. The van der Waals surface area contributed by atoms with Crippen LogP contribution in [0.2, 0.25) is 0 Å². The number of amides is 1. The second-order valence-corrected chi connectivity index (χ2v) is 9.73. The topological polar surface area (TPSA) is 101 Å². The molecule has 9 nitrogen and oxygen atoms in total. The molecule has 0 atom stereocenters. The van der Waals surface area contributed by atoms with Crippen LogP contribution in [0.1, 0.15) is 69.9 Å². The van der Waals surface area contributed by atoms with Crippen molar-refractivity contribution in [3.05, 3.63) is 29.5 Å². The number of benzene rings is 1. The van der Waals surface area contributed by atoms with Gasteiger partial charge in [0.2, 0.25) is 11.8 Å². The highest BCUT2D eigenvalue weighted by molar-refractivity contribution is 5.85. The van der Waals surface area contributed by atoms with E-state index in [9.17, 15) is 14.3 Å². The first-order valence-electron chi connectivity index (χ1n) is 12.1. The van der Waals surface area contributed by atoms with Gasteiger partial charge in [-0.15, -0.1) is 0 Å². The summed E-state index contributed by atoms with van der Waals surface area (Å²) in [6, 6.07) is 3.52. The second-order valence-electron chi connectivity index (χ2n) is 9.73. The van der Waals surface area contributed by atoms with Crippen molar-refractivity contribution in [3.63, 3.8) is 0 Å². The maximum atomic E-state index is 14.8. The number of halogens is 1. The molecule has 34 heavy (non-hydrogen) atoms. The quantitative estimate of drug-likeness (QED) is 0.622. The standard InChI is InChI=1S/C24H31FN6O3/c1-14(2)21-18-4-5-19(33)20(25)22(18)31(27-21)24-26-23(34-28-24)16-6-10-30(11-7-16)17-8-12-29(13-9-17)15(3)32/h4-5,14,16-17,33H,6-13H2,1-3H3. The third-order valence-corrected chi connectivity index (χ3v) is 7.26. The van der Waals surface area contributed by atoms with Crippen LogP contribution in [0.15, 0.2) is 16.7 Å². The summed E-state index contributed by atoms with van der Waals surface area (Å²) >= 11 is 0. The number of aromatic nitrogens is 4. The fourth-order valence-electron chi connectivity index (χ4n) is 5.29. The van der Waals surface area contributed by atoms with Crippen molar-refractivity contribution in [2.75, 3.05) is 26.2 Å². The van der Waals surface area contributed by atoms with Gasteiger partial charge in [0.1, 0.15) is 5.52 Å². The number of hydrogen-bond donors (Lipinski definition) is 1. The SMILES string of the molecule is CC(=O)N1CCC(N2CCC(c3nc(-n4nc(C(C)C)c5ccc(O)c(F)c54)no3)CC2)CC1. The van der Waals surface area contributed by atoms with Crippen molar-refractivity contribution >= 4 is 16.8 Å². The molecule has 10 heteroatoms. The maximum absolute atomic E-state index is 14.8.